The van der Waals surface area contributed by atoms with Crippen molar-refractivity contribution in [3.05, 3.63) is 35.7 Å². The molecule has 1 aliphatic heterocycles. The number of rotatable bonds is 7. The second-order valence-electron chi connectivity index (χ2n) is 6.64. The summed E-state index contributed by atoms with van der Waals surface area (Å²) < 4.78 is 9.79. The molecule has 1 N–H and O–H groups in total. The van der Waals surface area contributed by atoms with E-state index in [4.69, 9.17) is 4.74 Å². The summed E-state index contributed by atoms with van der Waals surface area (Å²) in [5, 5.41) is 4.22. The third-order valence-corrected chi connectivity index (χ3v) is 4.75. The molecule has 0 aliphatic carbocycles. The SMILES string of the molecule is CC(C)Cc1nsc(Nc2ccc(CCN3CCOCC3)cc2)n1. The van der Waals surface area contributed by atoms with Crippen LogP contribution < -0.4 is 5.32 Å². The molecule has 2 heterocycles. The van der Waals surface area contributed by atoms with E-state index in [1.54, 1.807) is 0 Å². The zero-order chi connectivity index (χ0) is 16.8. The van der Waals surface area contributed by atoms with E-state index >= 15 is 0 Å². The molecule has 1 aliphatic rings. The molecular weight excluding hydrogens is 320 g/mol. The van der Waals surface area contributed by atoms with Crippen LogP contribution in [0.15, 0.2) is 24.3 Å². The summed E-state index contributed by atoms with van der Waals surface area (Å²) in [6.45, 7) is 9.30. The predicted molar refractivity (Wildman–Crippen MR) is 99.1 cm³/mol. The molecule has 1 fully saturated rings. The Bertz CT molecular complexity index is 620. The van der Waals surface area contributed by atoms with E-state index in [9.17, 15) is 0 Å². The fourth-order valence-electron chi connectivity index (χ4n) is 2.74. The Balaban J connectivity index is 1.49. The molecule has 2 aromatic rings. The second kappa shape index (κ2) is 8.55. The first-order chi connectivity index (χ1) is 11.7. The number of anilines is 2. The minimum absolute atomic E-state index is 0.582. The first-order valence-corrected chi connectivity index (χ1v) is 9.45. The van der Waals surface area contributed by atoms with E-state index < -0.39 is 0 Å². The van der Waals surface area contributed by atoms with Crippen molar-refractivity contribution in [3.8, 4) is 0 Å². The van der Waals surface area contributed by atoms with Crippen LogP contribution in [0.25, 0.3) is 0 Å². The van der Waals surface area contributed by atoms with Crippen LogP contribution >= 0.6 is 11.5 Å². The second-order valence-corrected chi connectivity index (χ2v) is 7.39. The van der Waals surface area contributed by atoms with Crippen molar-refractivity contribution in [2.75, 3.05) is 38.2 Å². The van der Waals surface area contributed by atoms with Crippen LogP contribution in [-0.2, 0) is 17.6 Å². The lowest BCUT2D eigenvalue weighted by Crippen LogP contribution is -2.37. The summed E-state index contributed by atoms with van der Waals surface area (Å²) in [5.74, 6) is 1.51. The zero-order valence-electron chi connectivity index (χ0n) is 14.5. The van der Waals surface area contributed by atoms with Gasteiger partial charge in [0.1, 0.15) is 5.82 Å². The van der Waals surface area contributed by atoms with E-state index in [2.05, 4.69) is 57.7 Å². The zero-order valence-corrected chi connectivity index (χ0v) is 15.3. The first-order valence-electron chi connectivity index (χ1n) is 8.67. The molecule has 0 atom stereocenters. The molecule has 0 saturated carbocycles. The van der Waals surface area contributed by atoms with Crippen molar-refractivity contribution in [2.24, 2.45) is 5.92 Å². The molecule has 5 nitrogen and oxygen atoms in total. The van der Waals surface area contributed by atoms with Gasteiger partial charge in [-0.15, -0.1) is 0 Å². The highest BCUT2D eigenvalue weighted by Gasteiger charge is 2.10. The Morgan fingerprint density at radius 1 is 1.21 bits per heavy atom. The van der Waals surface area contributed by atoms with Crippen molar-refractivity contribution in [2.45, 2.75) is 26.7 Å². The molecule has 0 radical (unpaired) electrons. The molecule has 130 valence electrons. The first kappa shape index (κ1) is 17.3. The Hall–Kier alpha value is -1.50. The van der Waals surface area contributed by atoms with E-state index in [-0.39, 0.29) is 0 Å². The lowest BCUT2D eigenvalue weighted by molar-refractivity contribution is 0.0384. The van der Waals surface area contributed by atoms with Crippen LogP contribution in [0.5, 0.6) is 0 Å². The van der Waals surface area contributed by atoms with Crippen molar-refractivity contribution >= 4 is 22.4 Å². The summed E-state index contributed by atoms with van der Waals surface area (Å²) in [4.78, 5) is 7.01. The van der Waals surface area contributed by atoms with Crippen molar-refractivity contribution in [1.29, 1.82) is 0 Å². The number of morpholine rings is 1. The quantitative estimate of drug-likeness (QED) is 0.833. The molecule has 1 aromatic carbocycles. The average Bonchev–Trinajstić information content (AvgIpc) is 3.01. The molecule has 24 heavy (non-hydrogen) atoms. The summed E-state index contributed by atoms with van der Waals surface area (Å²) in [6, 6.07) is 8.63. The molecule has 0 amide bonds. The van der Waals surface area contributed by atoms with Crippen molar-refractivity contribution in [3.63, 3.8) is 0 Å². The lowest BCUT2D eigenvalue weighted by Gasteiger charge is -2.26. The Morgan fingerprint density at radius 3 is 2.67 bits per heavy atom. The van der Waals surface area contributed by atoms with Gasteiger partial charge in [-0.05, 0) is 30.0 Å². The fraction of sp³-hybridized carbons (Fsp3) is 0.556. The van der Waals surface area contributed by atoms with Gasteiger partial charge in [0.25, 0.3) is 0 Å². The van der Waals surface area contributed by atoms with Gasteiger partial charge in [-0.3, -0.25) is 4.90 Å². The van der Waals surface area contributed by atoms with E-state index in [1.165, 1.54) is 17.1 Å². The van der Waals surface area contributed by atoms with Gasteiger partial charge in [-0.2, -0.15) is 4.37 Å². The summed E-state index contributed by atoms with van der Waals surface area (Å²) in [6.07, 6.45) is 2.01. The average molecular weight is 347 g/mol. The monoisotopic (exact) mass is 346 g/mol. The van der Waals surface area contributed by atoms with Gasteiger partial charge in [0.2, 0.25) is 5.13 Å². The van der Waals surface area contributed by atoms with Gasteiger partial charge in [-0.25, -0.2) is 4.98 Å². The minimum atomic E-state index is 0.582. The Kier molecular flexibility index (Phi) is 6.18. The predicted octanol–water partition coefficient (Wildman–Crippen LogP) is 3.35. The summed E-state index contributed by atoms with van der Waals surface area (Å²) in [7, 11) is 0. The molecular formula is C18H26N4OS. The molecule has 0 unspecified atom stereocenters. The lowest BCUT2D eigenvalue weighted by atomic mass is 10.1. The van der Waals surface area contributed by atoms with E-state index in [1.807, 2.05) is 0 Å². The van der Waals surface area contributed by atoms with Gasteiger partial charge in [0.05, 0.1) is 13.2 Å². The fourth-order valence-corrected chi connectivity index (χ4v) is 3.36. The van der Waals surface area contributed by atoms with Crippen molar-refractivity contribution < 1.29 is 4.74 Å². The van der Waals surface area contributed by atoms with Crippen LogP contribution in [0.1, 0.15) is 25.2 Å². The number of ether oxygens (including phenoxy) is 1. The molecule has 1 saturated heterocycles. The van der Waals surface area contributed by atoms with Crippen molar-refractivity contribution in [1.82, 2.24) is 14.3 Å². The number of nitrogens with zero attached hydrogens (tertiary/aromatic N) is 3. The number of hydrogen-bond acceptors (Lipinski definition) is 6. The maximum absolute atomic E-state index is 5.39. The normalized spacial score (nSPS) is 15.8. The van der Waals surface area contributed by atoms with Gasteiger partial charge < -0.3 is 10.1 Å². The standard InChI is InChI=1S/C18H26N4OS/c1-14(2)13-17-20-18(24-21-17)19-16-5-3-15(4-6-16)7-8-22-9-11-23-12-10-22/h3-6,14H,7-13H2,1-2H3,(H,19,20,21). The molecule has 3 rings (SSSR count). The number of hydrogen-bond donors (Lipinski definition) is 1. The highest BCUT2D eigenvalue weighted by molar-refractivity contribution is 7.09. The Labute approximate surface area is 148 Å². The maximum Gasteiger partial charge on any atom is 0.207 e. The van der Waals surface area contributed by atoms with Gasteiger partial charge >= 0.3 is 0 Å². The molecule has 0 spiro atoms. The number of aromatic nitrogens is 2. The summed E-state index contributed by atoms with van der Waals surface area (Å²) >= 11 is 1.43. The third kappa shape index (κ3) is 5.26. The minimum Gasteiger partial charge on any atom is -0.379 e. The van der Waals surface area contributed by atoms with Crippen LogP contribution in [0.4, 0.5) is 10.8 Å². The van der Waals surface area contributed by atoms with E-state index in [0.717, 1.165) is 62.3 Å². The van der Waals surface area contributed by atoms with Crippen LogP contribution in [0.2, 0.25) is 0 Å². The van der Waals surface area contributed by atoms with Crippen LogP contribution in [0, 0.1) is 5.92 Å². The largest absolute Gasteiger partial charge is 0.379 e. The summed E-state index contributed by atoms with van der Waals surface area (Å²) in [5.41, 5.74) is 2.43. The van der Waals surface area contributed by atoms with Gasteiger partial charge in [0, 0.05) is 43.3 Å². The van der Waals surface area contributed by atoms with Gasteiger partial charge in [0.15, 0.2) is 0 Å². The Morgan fingerprint density at radius 2 is 1.96 bits per heavy atom. The highest BCUT2D eigenvalue weighted by Crippen LogP contribution is 2.20. The molecule has 1 aromatic heterocycles. The van der Waals surface area contributed by atoms with Gasteiger partial charge in [-0.1, -0.05) is 26.0 Å². The highest BCUT2D eigenvalue weighted by atomic mass is 32.1. The smallest absolute Gasteiger partial charge is 0.207 e. The molecule has 0 bridgehead atoms. The topological polar surface area (TPSA) is 50.3 Å². The van der Waals surface area contributed by atoms with Crippen LogP contribution in [-0.4, -0.2) is 47.1 Å². The van der Waals surface area contributed by atoms with Crippen LogP contribution in [0.3, 0.4) is 0 Å². The maximum atomic E-state index is 5.39. The number of nitrogens with one attached hydrogen (secondary N) is 1. The number of benzene rings is 1. The third-order valence-electron chi connectivity index (χ3n) is 4.08. The van der Waals surface area contributed by atoms with E-state index in [0.29, 0.717) is 5.92 Å². The molecule has 6 heteroatoms.